The van der Waals surface area contributed by atoms with Gasteiger partial charge in [-0.2, -0.15) is 0 Å². The molecule has 0 heterocycles. The Kier molecular flexibility index (Phi) is 4.27. The smallest absolute Gasteiger partial charge is 0.184 e. The molecule has 2 heteroatoms. The Labute approximate surface area is 99.6 Å². The molecule has 1 nitrogen and oxygen atoms in total. The van der Waals surface area contributed by atoms with Gasteiger partial charge in [-0.3, -0.25) is 0 Å². The molecule has 16 heavy (non-hydrogen) atoms. The highest BCUT2D eigenvalue weighted by atomic mass is 28.4. The van der Waals surface area contributed by atoms with E-state index in [1.165, 1.54) is 5.56 Å². The first-order chi connectivity index (χ1) is 7.46. The van der Waals surface area contributed by atoms with E-state index in [2.05, 4.69) is 51.0 Å². The van der Waals surface area contributed by atoms with E-state index in [1.54, 1.807) is 0 Å². The van der Waals surface area contributed by atoms with Crippen molar-refractivity contribution < 1.29 is 4.43 Å². The minimum Gasteiger partial charge on any atom is -0.413 e. The second-order valence-corrected chi connectivity index (χ2v) is 9.29. The molecule has 86 valence electrons. The maximum absolute atomic E-state index is 5.87. The molecular weight excluding hydrogens is 212 g/mol. The molecule has 1 aromatic carbocycles. The molecule has 0 atom stereocenters. The van der Waals surface area contributed by atoms with Gasteiger partial charge in [0.15, 0.2) is 8.32 Å². The van der Waals surface area contributed by atoms with Crippen molar-refractivity contribution in [2.24, 2.45) is 0 Å². The number of hydrogen-bond acceptors (Lipinski definition) is 1. The van der Waals surface area contributed by atoms with E-state index in [1.807, 2.05) is 12.2 Å². The van der Waals surface area contributed by atoms with E-state index in [9.17, 15) is 0 Å². The van der Waals surface area contributed by atoms with Crippen molar-refractivity contribution in [3.8, 4) is 0 Å². The van der Waals surface area contributed by atoms with Crippen molar-refractivity contribution in [3.63, 3.8) is 0 Å². The molecule has 0 aliphatic heterocycles. The summed E-state index contributed by atoms with van der Waals surface area (Å²) >= 11 is 0. The van der Waals surface area contributed by atoms with Crippen molar-refractivity contribution >= 4 is 20.5 Å². The lowest BCUT2D eigenvalue weighted by molar-refractivity contribution is 0.299. The van der Waals surface area contributed by atoms with Crippen molar-refractivity contribution in [2.45, 2.75) is 26.2 Å². The van der Waals surface area contributed by atoms with E-state index >= 15 is 0 Å². The first kappa shape index (κ1) is 12.9. The minimum atomic E-state index is -1.44. The van der Waals surface area contributed by atoms with Gasteiger partial charge in [0, 0.05) is 0 Å². The summed E-state index contributed by atoms with van der Waals surface area (Å²) in [4.78, 5) is 0. The lowest BCUT2D eigenvalue weighted by Crippen LogP contribution is -2.24. The van der Waals surface area contributed by atoms with Gasteiger partial charge in [-0.05, 0) is 42.4 Å². The average molecular weight is 232 g/mol. The zero-order chi connectivity index (χ0) is 12.2. The first-order valence-corrected chi connectivity index (χ1v) is 8.89. The molecule has 0 aromatic heterocycles. The van der Waals surface area contributed by atoms with Crippen LogP contribution in [0.4, 0.5) is 0 Å². The minimum absolute atomic E-state index is 0.688. The van der Waals surface area contributed by atoms with Crippen LogP contribution in [0, 0.1) is 0 Å². The van der Waals surface area contributed by atoms with Crippen molar-refractivity contribution in [1.29, 1.82) is 0 Å². The predicted octanol–water partition coefficient (Wildman–Crippen LogP) is 4.32. The summed E-state index contributed by atoms with van der Waals surface area (Å²) in [7, 11) is -1.44. The molecule has 0 saturated heterocycles. The third-order valence-corrected chi connectivity index (χ3v) is 3.27. The van der Waals surface area contributed by atoms with Gasteiger partial charge in [0.05, 0.1) is 6.61 Å². The fraction of sp³-hybridized carbons (Fsp3) is 0.286. The quantitative estimate of drug-likeness (QED) is 0.687. The highest BCUT2D eigenvalue weighted by molar-refractivity contribution is 6.69. The van der Waals surface area contributed by atoms with Crippen LogP contribution in [0.2, 0.25) is 19.6 Å². The molecule has 0 saturated carbocycles. The SMILES string of the molecule is C=Cc1ccc(CO[Si](C)(C)C)cc1C=C. The number of rotatable bonds is 5. The molecule has 0 unspecified atom stereocenters. The monoisotopic (exact) mass is 232 g/mol. The Bertz CT molecular complexity index is 388. The third kappa shape index (κ3) is 3.80. The molecule has 1 aromatic rings. The van der Waals surface area contributed by atoms with Crippen LogP contribution in [0.15, 0.2) is 31.4 Å². The fourth-order valence-electron chi connectivity index (χ4n) is 1.38. The molecule has 0 radical (unpaired) electrons. The van der Waals surface area contributed by atoms with E-state index in [0.717, 1.165) is 11.1 Å². The summed E-state index contributed by atoms with van der Waals surface area (Å²) in [6.07, 6.45) is 3.70. The largest absolute Gasteiger partial charge is 0.413 e. The lowest BCUT2D eigenvalue weighted by Gasteiger charge is -2.17. The number of benzene rings is 1. The standard InChI is InChI=1S/C14H20OSi/c1-6-13-9-8-12(10-14(13)7-2)11-15-16(3,4)5/h6-10H,1-2,11H2,3-5H3. The molecule has 0 bridgehead atoms. The van der Waals surface area contributed by atoms with Gasteiger partial charge >= 0.3 is 0 Å². The molecule has 0 fully saturated rings. The lowest BCUT2D eigenvalue weighted by atomic mass is 10.0. The van der Waals surface area contributed by atoms with Crippen LogP contribution in [0.25, 0.3) is 12.2 Å². The molecule has 0 spiro atoms. The van der Waals surface area contributed by atoms with Crippen LogP contribution in [0.1, 0.15) is 16.7 Å². The van der Waals surface area contributed by atoms with Crippen molar-refractivity contribution in [3.05, 3.63) is 48.0 Å². The third-order valence-electron chi connectivity index (χ3n) is 2.26. The van der Waals surface area contributed by atoms with E-state index in [-0.39, 0.29) is 0 Å². The van der Waals surface area contributed by atoms with Gasteiger partial charge in [-0.1, -0.05) is 37.4 Å². The second kappa shape index (κ2) is 5.28. The summed E-state index contributed by atoms with van der Waals surface area (Å²) in [5.74, 6) is 0. The summed E-state index contributed by atoms with van der Waals surface area (Å²) < 4.78 is 5.87. The molecule has 0 amide bonds. The highest BCUT2D eigenvalue weighted by Crippen LogP contribution is 2.16. The fourth-order valence-corrected chi connectivity index (χ4v) is 1.98. The predicted molar refractivity (Wildman–Crippen MR) is 74.8 cm³/mol. The second-order valence-electron chi connectivity index (χ2n) is 4.77. The van der Waals surface area contributed by atoms with Crippen LogP contribution >= 0.6 is 0 Å². The van der Waals surface area contributed by atoms with Crippen LogP contribution in [-0.4, -0.2) is 8.32 Å². The highest BCUT2D eigenvalue weighted by Gasteiger charge is 2.13. The van der Waals surface area contributed by atoms with Gasteiger partial charge < -0.3 is 4.43 Å². The first-order valence-electron chi connectivity index (χ1n) is 5.48. The molecule has 1 rings (SSSR count). The Morgan fingerprint density at radius 1 is 1.12 bits per heavy atom. The Balaban J connectivity index is 2.83. The van der Waals surface area contributed by atoms with Crippen molar-refractivity contribution in [1.82, 2.24) is 0 Å². The number of hydrogen-bond donors (Lipinski definition) is 0. The van der Waals surface area contributed by atoms with Gasteiger partial charge in [0.2, 0.25) is 0 Å². The van der Waals surface area contributed by atoms with E-state index in [4.69, 9.17) is 4.43 Å². The zero-order valence-electron chi connectivity index (χ0n) is 10.4. The van der Waals surface area contributed by atoms with Crippen molar-refractivity contribution in [2.75, 3.05) is 0 Å². The average Bonchev–Trinajstić information content (AvgIpc) is 2.25. The van der Waals surface area contributed by atoms with Crippen LogP contribution < -0.4 is 0 Å². The topological polar surface area (TPSA) is 9.23 Å². The summed E-state index contributed by atoms with van der Waals surface area (Å²) in [5.41, 5.74) is 3.43. The van der Waals surface area contributed by atoms with Gasteiger partial charge in [0.1, 0.15) is 0 Å². The Hall–Kier alpha value is -1.12. The molecule has 0 aliphatic carbocycles. The van der Waals surface area contributed by atoms with E-state index < -0.39 is 8.32 Å². The Morgan fingerprint density at radius 2 is 1.75 bits per heavy atom. The molecular formula is C14H20OSi. The normalized spacial score (nSPS) is 11.2. The van der Waals surface area contributed by atoms with E-state index in [0.29, 0.717) is 6.61 Å². The Morgan fingerprint density at radius 3 is 2.25 bits per heavy atom. The maximum Gasteiger partial charge on any atom is 0.184 e. The summed E-state index contributed by atoms with van der Waals surface area (Å²) in [5, 5.41) is 0. The summed E-state index contributed by atoms with van der Waals surface area (Å²) in [6.45, 7) is 14.9. The van der Waals surface area contributed by atoms with Crippen LogP contribution in [0.5, 0.6) is 0 Å². The van der Waals surface area contributed by atoms with Gasteiger partial charge in [-0.15, -0.1) is 0 Å². The van der Waals surface area contributed by atoms with Gasteiger partial charge in [-0.25, -0.2) is 0 Å². The van der Waals surface area contributed by atoms with Crippen LogP contribution in [0.3, 0.4) is 0 Å². The van der Waals surface area contributed by atoms with Gasteiger partial charge in [0.25, 0.3) is 0 Å². The maximum atomic E-state index is 5.87. The molecule has 0 N–H and O–H groups in total. The van der Waals surface area contributed by atoms with Crippen LogP contribution in [-0.2, 0) is 11.0 Å². The zero-order valence-corrected chi connectivity index (χ0v) is 11.4. The summed E-state index contributed by atoms with van der Waals surface area (Å²) in [6, 6.07) is 6.27. The molecule has 0 aliphatic rings.